The summed E-state index contributed by atoms with van der Waals surface area (Å²) in [7, 11) is 1.79. The highest BCUT2D eigenvalue weighted by molar-refractivity contribution is 5.74. The van der Waals surface area contributed by atoms with Crippen LogP contribution >= 0.6 is 0 Å². The molecule has 6 nitrogen and oxygen atoms in total. The van der Waals surface area contributed by atoms with Crippen LogP contribution in [-0.4, -0.2) is 27.5 Å². The fraction of sp³-hybridized carbons (Fsp3) is 0.444. The molecular weight excluding hydrogens is 304 g/mol. The van der Waals surface area contributed by atoms with Crippen LogP contribution in [0.2, 0.25) is 0 Å². The van der Waals surface area contributed by atoms with Crippen LogP contribution in [0.3, 0.4) is 0 Å². The lowest BCUT2D eigenvalue weighted by atomic mass is 10.00. The smallest absolute Gasteiger partial charge is 0.315 e. The van der Waals surface area contributed by atoms with Gasteiger partial charge in [-0.1, -0.05) is 31.2 Å². The van der Waals surface area contributed by atoms with E-state index < -0.39 is 5.60 Å². The predicted molar refractivity (Wildman–Crippen MR) is 91.4 cm³/mol. The van der Waals surface area contributed by atoms with Crippen LogP contribution in [0.25, 0.3) is 0 Å². The number of rotatable bonds is 4. The molecule has 0 bridgehead atoms. The van der Waals surface area contributed by atoms with Gasteiger partial charge in [0.05, 0.1) is 18.8 Å². The molecule has 3 atom stereocenters. The molecule has 3 rings (SSSR count). The third kappa shape index (κ3) is 3.28. The Labute approximate surface area is 141 Å². The maximum absolute atomic E-state index is 12.3. The number of hydrogen-bond donors (Lipinski definition) is 3. The second-order valence-corrected chi connectivity index (χ2v) is 6.86. The largest absolute Gasteiger partial charge is 0.383 e. The lowest BCUT2D eigenvalue weighted by Gasteiger charge is -2.24. The van der Waals surface area contributed by atoms with Crippen LogP contribution in [0.4, 0.5) is 4.79 Å². The average Bonchev–Trinajstić information content (AvgIpc) is 3.10. The summed E-state index contributed by atoms with van der Waals surface area (Å²) in [5.41, 5.74) is 1.98. The molecule has 6 heteroatoms. The van der Waals surface area contributed by atoms with E-state index in [1.54, 1.807) is 31.0 Å². The van der Waals surface area contributed by atoms with Crippen molar-refractivity contribution in [2.75, 3.05) is 6.54 Å². The molecule has 1 aliphatic rings. The van der Waals surface area contributed by atoms with Crippen LogP contribution < -0.4 is 10.6 Å². The standard InChI is InChI=1S/C18H24N4O2/c1-12-8-13-6-4-5-7-15(13)16(12)21-17(23)19-11-18(2,24)14-9-20-22(3)10-14/h4-7,9-10,12,16,24H,8,11H2,1-3H3,(H2,19,21,23). The maximum atomic E-state index is 12.3. The van der Waals surface area contributed by atoms with Crippen molar-refractivity contribution in [1.29, 1.82) is 0 Å². The summed E-state index contributed by atoms with van der Waals surface area (Å²) in [6.07, 6.45) is 4.32. The fourth-order valence-electron chi connectivity index (χ4n) is 3.26. The zero-order valence-electron chi connectivity index (χ0n) is 14.3. The molecule has 3 unspecified atom stereocenters. The number of aromatic nitrogens is 2. The molecule has 0 spiro atoms. The molecule has 1 heterocycles. The number of carbonyl (C=O) groups is 1. The van der Waals surface area contributed by atoms with E-state index in [1.807, 2.05) is 12.1 Å². The minimum Gasteiger partial charge on any atom is -0.383 e. The number of carbonyl (C=O) groups excluding carboxylic acids is 1. The van der Waals surface area contributed by atoms with Crippen LogP contribution in [-0.2, 0) is 19.1 Å². The average molecular weight is 328 g/mol. The van der Waals surface area contributed by atoms with Gasteiger partial charge in [0, 0.05) is 18.8 Å². The monoisotopic (exact) mass is 328 g/mol. The van der Waals surface area contributed by atoms with Crippen molar-refractivity contribution < 1.29 is 9.90 Å². The third-order valence-electron chi connectivity index (χ3n) is 4.71. The van der Waals surface area contributed by atoms with Gasteiger partial charge in [-0.05, 0) is 30.4 Å². The summed E-state index contributed by atoms with van der Waals surface area (Å²) >= 11 is 0. The molecule has 128 valence electrons. The van der Waals surface area contributed by atoms with Crippen molar-refractivity contribution >= 4 is 6.03 Å². The van der Waals surface area contributed by atoms with Crippen molar-refractivity contribution in [1.82, 2.24) is 20.4 Å². The molecule has 0 aliphatic heterocycles. The van der Waals surface area contributed by atoms with E-state index in [9.17, 15) is 9.90 Å². The van der Waals surface area contributed by atoms with Gasteiger partial charge in [0.1, 0.15) is 5.60 Å². The number of hydrogen-bond acceptors (Lipinski definition) is 3. The second-order valence-electron chi connectivity index (χ2n) is 6.86. The van der Waals surface area contributed by atoms with Gasteiger partial charge in [0.25, 0.3) is 0 Å². The number of benzene rings is 1. The lowest BCUT2D eigenvalue weighted by molar-refractivity contribution is 0.0591. The van der Waals surface area contributed by atoms with Crippen molar-refractivity contribution in [3.8, 4) is 0 Å². The number of urea groups is 1. The SMILES string of the molecule is CC1Cc2ccccc2C1NC(=O)NCC(C)(O)c1cnn(C)c1. The van der Waals surface area contributed by atoms with Gasteiger partial charge in [-0.15, -0.1) is 0 Å². The summed E-state index contributed by atoms with van der Waals surface area (Å²) < 4.78 is 1.63. The Hall–Kier alpha value is -2.34. The molecule has 1 aromatic carbocycles. The first-order valence-corrected chi connectivity index (χ1v) is 8.20. The van der Waals surface area contributed by atoms with E-state index in [0.717, 1.165) is 6.42 Å². The van der Waals surface area contributed by atoms with Crippen LogP contribution in [0.15, 0.2) is 36.7 Å². The van der Waals surface area contributed by atoms with Crippen molar-refractivity contribution in [3.63, 3.8) is 0 Å². The Bertz CT molecular complexity index is 738. The number of nitrogens with one attached hydrogen (secondary N) is 2. The van der Waals surface area contributed by atoms with Crippen LogP contribution in [0.5, 0.6) is 0 Å². The molecule has 24 heavy (non-hydrogen) atoms. The highest BCUT2D eigenvalue weighted by Crippen LogP contribution is 2.35. The Balaban J connectivity index is 1.60. The van der Waals surface area contributed by atoms with Gasteiger partial charge in [0.2, 0.25) is 0 Å². The first-order chi connectivity index (χ1) is 11.4. The Morgan fingerprint density at radius 1 is 1.46 bits per heavy atom. The van der Waals surface area contributed by atoms with Crippen molar-refractivity contribution in [3.05, 3.63) is 53.3 Å². The van der Waals surface area contributed by atoms with Gasteiger partial charge in [0.15, 0.2) is 0 Å². The quantitative estimate of drug-likeness (QED) is 0.801. The highest BCUT2D eigenvalue weighted by atomic mass is 16.3. The van der Waals surface area contributed by atoms with Gasteiger partial charge in [-0.25, -0.2) is 4.79 Å². The zero-order chi connectivity index (χ0) is 17.3. The van der Waals surface area contributed by atoms with Crippen LogP contribution in [0.1, 0.15) is 36.6 Å². The Kier molecular flexibility index (Phi) is 4.32. The van der Waals surface area contributed by atoms with E-state index in [4.69, 9.17) is 0 Å². The zero-order valence-corrected chi connectivity index (χ0v) is 14.3. The normalized spacial score (nSPS) is 21.8. The second kappa shape index (κ2) is 6.28. The number of nitrogens with zero attached hydrogens (tertiary/aromatic N) is 2. The van der Waals surface area contributed by atoms with E-state index in [1.165, 1.54) is 11.1 Å². The molecule has 3 N–H and O–H groups in total. The van der Waals surface area contributed by atoms with E-state index in [2.05, 4.69) is 34.8 Å². The maximum Gasteiger partial charge on any atom is 0.315 e. The molecule has 0 radical (unpaired) electrons. The van der Waals surface area contributed by atoms with E-state index in [-0.39, 0.29) is 18.6 Å². The predicted octanol–water partition coefficient (Wildman–Crippen LogP) is 1.86. The minimum atomic E-state index is -1.16. The number of aryl methyl sites for hydroxylation is 1. The lowest BCUT2D eigenvalue weighted by Crippen LogP contribution is -2.45. The molecule has 2 aromatic rings. The highest BCUT2D eigenvalue weighted by Gasteiger charge is 2.31. The van der Waals surface area contributed by atoms with Gasteiger partial charge in [-0.2, -0.15) is 5.10 Å². The molecule has 1 aromatic heterocycles. The molecule has 0 saturated heterocycles. The first-order valence-electron chi connectivity index (χ1n) is 8.20. The Morgan fingerprint density at radius 2 is 2.21 bits per heavy atom. The van der Waals surface area contributed by atoms with Gasteiger partial charge >= 0.3 is 6.03 Å². The van der Waals surface area contributed by atoms with Gasteiger partial charge < -0.3 is 15.7 Å². The molecule has 2 amide bonds. The van der Waals surface area contributed by atoms with E-state index in [0.29, 0.717) is 11.5 Å². The summed E-state index contributed by atoms with van der Waals surface area (Å²) in [5, 5.41) is 20.4. The number of amides is 2. The minimum absolute atomic E-state index is 0.00420. The topological polar surface area (TPSA) is 79.2 Å². The molecule has 0 saturated carbocycles. The Morgan fingerprint density at radius 3 is 2.92 bits per heavy atom. The summed E-state index contributed by atoms with van der Waals surface area (Å²) in [6.45, 7) is 3.92. The van der Waals surface area contributed by atoms with Gasteiger partial charge in [-0.3, -0.25) is 4.68 Å². The molecule has 1 aliphatic carbocycles. The summed E-state index contributed by atoms with van der Waals surface area (Å²) in [5.74, 6) is 0.354. The third-order valence-corrected chi connectivity index (χ3v) is 4.71. The van der Waals surface area contributed by atoms with Crippen molar-refractivity contribution in [2.45, 2.75) is 31.9 Å². The summed E-state index contributed by atoms with van der Waals surface area (Å²) in [6, 6.07) is 7.93. The number of aliphatic hydroxyl groups is 1. The van der Waals surface area contributed by atoms with E-state index >= 15 is 0 Å². The first kappa shape index (κ1) is 16.5. The summed E-state index contributed by atoms with van der Waals surface area (Å²) in [4.78, 5) is 12.3. The van der Waals surface area contributed by atoms with Crippen LogP contribution in [0, 0.1) is 5.92 Å². The fourth-order valence-corrected chi connectivity index (χ4v) is 3.26. The molecule has 0 fully saturated rings. The number of fused-ring (bicyclic) bond motifs is 1. The molecular formula is C18H24N4O2. The van der Waals surface area contributed by atoms with Crippen molar-refractivity contribution in [2.24, 2.45) is 13.0 Å².